The van der Waals surface area contributed by atoms with E-state index in [9.17, 15) is 14.7 Å². The smallest absolute Gasteiger partial charge is 0.243 e. The van der Waals surface area contributed by atoms with Crippen molar-refractivity contribution in [2.75, 3.05) is 19.6 Å². The van der Waals surface area contributed by atoms with E-state index >= 15 is 0 Å². The van der Waals surface area contributed by atoms with Gasteiger partial charge in [-0.1, -0.05) is 79.9 Å². The van der Waals surface area contributed by atoms with Crippen molar-refractivity contribution in [3.63, 3.8) is 0 Å². The van der Waals surface area contributed by atoms with Crippen LogP contribution in [0.4, 0.5) is 0 Å². The van der Waals surface area contributed by atoms with Crippen molar-refractivity contribution < 1.29 is 29.4 Å². The predicted octanol–water partition coefficient (Wildman–Crippen LogP) is 6.34. The number of likely N-dealkylation sites (tertiary alicyclic amines) is 1. The Labute approximate surface area is 278 Å². The van der Waals surface area contributed by atoms with Crippen LogP contribution in [0.1, 0.15) is 98.9 Å². The number of hydrogen-bond donors (Lipinski definition) is 4. The minimum absolute atomic E-state index is 0.0167. The average Bonchev–Trinajstić information content (AvgIpc) is 3.10. The molecule has 0 bridgehead atoms. The van der Waals surface area contributed by atoms with Crippen molar-refractivity contribution in [2.45, 2.75) is 95.9 Å². The number of nitrogens with zero attached hydrogens (tertiary/aromatic N) is 1. The second kappa shape index (κ2) is 18.1. The van der Waals surface area contributed by atoms with E-state index in [0.717, 1.165) is 59.4 Å². The Morgan fingerprint density at radius 3 is 2.17 bits per heavy atom. The van der Waals surface area contributed by atoms with E-state index < -0.39 is 12.2 Å². The highest BCUT2D eigenvalue weighted by Crippen LogP contribution is 2.39. The summed E-state index contributed by atoms with van der Waals surface area (Å²) >= 11 is 0. The molecule has 0 spiro atoms. The lowest BCUT2D eigenvalue weighted by molar-refractivity contribution is -0.253. The fraction of sp³-hybridized carbons (Fsp3) is 0.474. The summed E-state index contributed by atoms with van der Waals surface area (Å²) in [5.74, 6) is -0.511. The zero-order valence-corrected chi connectivity index (χ0v) is 27.2. The Bertz CT molecular complexity index is 1420. The van der Waals surface area contributed by atoms with Gasteiger partial charge in [-0.05, 0) is 78.7 Å². The molecular formula is C38H49N3O6. The Morgan fingerprint density at radius 2 is 1.45 bits per heavy atom. The van der Waals surface area contributed by atoms with Gasteiger partial charge in [0.2, 0.25) is 11.8 Å². The quantitative estimate of drug-likeness (QED) is 0.0975. The van der Waals surface area contributed by atoms with Gasteiger partial charge in [-0.2, -0.15) is 0 Å². The second-order valence-electron chi connectivity index (χ2n) is 12.8. The average molecular weight is 644 g/mol. The molecule has 0 unspecified atom stereocenters. The van der Waals surface area contributed by atoms with Crippen LogP contribution in [-0.2, 0) is 32.2 Å². The van der Waals surface area contributed by atoms with Crippen LogP contribution in [0.25, 0.3) is 11.1 Å². The van der Waals surface area contributed by atoms with Crippen LogP contribution in [0.3, 0.4) is 0 Å². The monoisotopic (exact) mass is 643 g/mol. The highest BCUT2D eigenvalue weighted by molar-refractivity contribution is 5.76. The predicted molar refractivity (Wildman–Crippen MR) is 180 cm³/mol. The minimum atomic E-state index is -0.517. The van der Waals surface area contributed by atoms with Crippen molar-refractivity contribution in [3.05, 3.63) is 95.1 Å². The van der Waals surface area contributed by atoms with Gasteiger partial charge in [-0.3, -0.25) is 14.8 Å². The summed E-state index contributed by atoms with van der Waals surface area (Å²) in [7, 11) is 0. The SMILES string of the molecule is O=C(CCCCC(=O)NCc1cccc(-c2cccc([C@H]3O[C@@H](CN4CCCCCCC4)C[C@@H](c4ccc(CO)cc4)O3)c2)c1)NO. The lowest BCUT2D eigenvalue weighted by atomic mass is 9.98. The first-order valence-electron chi connectivity index (χ1n) is 17.1. The maximum Gasteiger partial charge on any atom is 0.243 e. The summed E-state index contributed by atoms with van der Waals surface area (Å²) in [6, 6.07) is 24.5. The third-order valence-electron chi connectivity index (χ3n) is 9.12. The van der Waals surface area contributed by atoms with Crippen LogP contribution in [0.15, 0.2) is 72.8 Å². The molecule has 5 rings (SSSR count). The molecule has 2 amide bonds. The molecule has 3 atom stereocenters. The van der Waals surface area contributed by atoms with Crippen molar-refractivity contribution in [3.8, 4) is 11.1 Å². The Kier molecular flexibility index (Phi) is 13.4. The molecule has 2 fully saturated rings. The van der Waals surface area contributed by atoms with Crippen molar-refractivity contribution >= 4 is 11.8 Å². The second-order valence-corrected chi connectivity index (χ2v) is 12.8. The van der Waals surface area contributed by atoms with E-state index in [0.29, 0.717) is 25.8 Å². The number of ether oxygens (including phenoxy) is 2. The molecule has 0 radical (unpaired) electrons. The first-order valence-corrected chi connectivity index (χ1v) is 17.1. The first-order chi connectivity index (χ1) is 23.0. The molecule has 9 nitrogen and oxygen atoms in total. The summed E-state index contributed by atoms with van der Waals surface area (Å²) in [5, 5.41) is 21.1. The van der Waals surface area contributed by atoms with Crippen molar-refractivity contribution in [2.24, 2.45) is 0 Å². The fourth-order valence-corrected chi connectivity index (χ4v) is 6.46. The third kappa shape index (κ3) is 10.7. The molecule has 2 saturated heterocycles. The maximum atomic E-state index is 12.3. The number of hydrogen-bond acceptors (Lipinski definition) is 7. The lowest BCUT2D eigenvalue weighted by Crippen LogP contribution is -2.40. The summed E-state index contributed by atoms with van der Waals surface area (Å²) < 4.78 is 13.3. The van der Waals surface area contributed by atoms with Gasteiger partial charge < -0.3 is 24.8 Å². The molecule has 47 heavy (non-hydrogen) atoms. The number of aliphatic hydroxyl groups is 1. The number of benzene rings is 3. The zero-order valence-electron chi connectivity index (χ0n) is 27.2. The van der Waals surface area contributed by atoms with E-state index in [1.807, 2.05) is 30.3 Å². The molecule has 0 saturated carbocycles. The first kappa shape index (κ1) is 34.7. The highest BCUT2D eigenvalue weighted by Gasteiger charge is 2.33. The van der Waals surface area contributed by atoms with Crippen LogP contribution >= 0.6 is 0 Å². The molecule has 2 heterocycles. The van der Waals surface area contributed by atoms with E-state index in [1.54, 1.807) is 5.48 Å². The number of unbranched alkanes of at least 4 members (excludes halogenated alkanes) is 1. The fourth-order valence-electron chi connectivity index (χ4n) is 6.46. The van der Waals surface area contributed by atoms with E-state index in [-0.39, 0.29) is 31.1 Å². The molecule has 2 aliphatic rings. The Morgan fingerprint density at radius 1 is 0.766 bits per heavy atom. The molecule has 0 aromatic heterocycles. The number of amides is 2. The van der Waals surface area contributed by atoms with Gasteiger partial charge in [0.15, 0.2) is 6.29 Å². The number of carbonyl (C=O) groups is 2. The molecular weight excluding hydrogens is 594 g/mol. The lowest BCUT2D eigenvalue weighted by Gasteiger charge is -2.39. The van der Waals surface area contributed by atoms with Crippen molar-refractivity contribution in [1.29, 1.82) is 0 Å². The number of hydroxylamine groups is 1. The molecule has 3 aromatic carbocycles. The van der Waals surface area contributed by atoms with Gasteiger partial charge in [-0.15, -0.1) is 0 Å². The van der Waals surface area contributed by atoms with Gasteiger partial charge in [0.25, 0.3) is 0 Å². The Balaban J connectivity index is 1.26. The van der Waals surface area contributed by atoms with Gasteiger partial charge in [0, 0.05) is 37.9 Å². The minimum Gasteiger partial charge on any atom is -0.392 e. The summed E-state index contributed by atoms with van der Waals surface area (Å²) in [6.45, 7) is 3.53. The number of rotatable bonds is 13. The zero-order chi connectivity index (χ0) is 32.8. The van der Waals surface area contributed by atoms with Crippen LogP contribution in [0.2, 0.25) is 0 Å². The van der Waals surface area contributed by atoms with Crippen LogP contribution in [-0.4, -0.2) is 52.8 Å². The van der Waals surface area contributed by atoms with Gasteiger partial charge in [-0.25, -0.2) is 5.48 Å². The maximum absolute atomic E-state index is 12.3. The van der Waals surface area contributed by atoms with E-state index in [4.69, 9.17) is 14.7 Å². The number of nitrogens with one attached hydrogen (secondary N) is 2. The topological polar surface area (TPSA) is 120 Å². The summed E-state index contributed by atoms with van der Waals surface area (Å²) in [4.78, 5) is 26.1. The molecule has 252 valence electrons. The van der Waals surface area contributed by atoms with E-state index in [1.165, 1.54) is 32.1 Å². The third-order valence-corrected chi connectivity index (χ3v) is 9.12. The summed E-state index contributed by atoms with van der Waals surface area (Å²) in [5.41, 5.74) is 7.62. The number of aliphatic hydroxyl groups excluding tert-OH is 1. The van der Waals surface area contributed by atoms with Gasteiger partial charge in [0.05, 0.1) is 18.8 Å². The largest absolute Gasteiger partial charge is 0.392 e. The van der Waals surface area contributed by atoms with Gasteiger partial charge in [0.1, 0.15) is 0 Å². The van der Waals surface area contributed by atoms with E-state index in [2.05, 4.69) is 52.7 Å². The molecule has 0 aliphatic carbocycles. The van der Waals surface area contributed by atoms with Crippen LogP contribution in [0.5, 0.6) is 0 Å². The van der Waals surface area contributed by atoms with Crippen molar-refractivity contribution in [1.82, 2.24) is 15.7 Å². The highest BCUT2D eigenvalue weighted by atomic mass is 16.7. The van der Waals surface area contributed by atoms with Crippen LogP contribution < -0.4 is 10.8 Å². The Hall–Kier alpha value is -3.60. The molecule has 4 N–H and O–H groups in total. The van der Waals surface area contributed by atoms with Crippen LogP contribution in [0, 0.1) is 0 Å². The normalized spacial score (nSPS) is 20.6. The molecule has 9 heteroatoms. The molecule has 2 aliphatic heterocycles. The molecule has 3 aromatic rings. The van der Waals surface area contributed by atoms with Gasteiger partial charge >= 0.3 is 0 Å². The number of carbonyl (C=O) groups excluding carboxylic acids is 2. The standard InChI is InChI=1S/C38H49N3O6/c42-27-28-16-18-30(19-17-28)35-24-34(26-41-20-6-2-1-3-7-21-41)46-38(47-35)33-13-9-12-32(23-33)31-11-8-10-29(22-31)25-39-36(43)14-4-5-15-37(44)40-45/h8-13,16-19,22-23,34-35,38,42,45H,1-7,14-15,20-21,24-27H2,(H,39,43)(H,40,44)/t34-,35+,38+/m1/s1. The summed E-state index contributed by atoms with van der Waals surface area (Å²) in [6.07, 6.45) is 8.17.